The molecule has 1 aliphatic rings. The first-order valence-electron chi connectivity index (χ1n) is 8.92. The zero-order valence-corrected chi connectivity index (χ0v) is 15.8. The SMILES string of the molecule is COCCN1CCN(CC(=O)N[C@@H](C)c2ccccc2OC)C[C@H]1C. The Kier molecular flexibility index (Phi) is 7.68. The maximum atomic E-state index is 12.4. The molecule has 2 rings (SSSR count). The number of para-hydroxylation sites is 1. The van der Waals surface area contributed by atoms with Gasteiger partial charge in [0, 0.05) is 44.9 Å². The smallest absolute Gasteiger partial charge is 0.234 e. The Morgan fingerprint density at radius 1 is 1.32 bits per heavy atom. The fourth-order valence-corrected chi connectivity index (χ4v) is 3.35. The lowest BCUT2D eigenvalue weighted by atomic mass is 10.1. The summed E-state index contributed by atoms with van der Waals surface area (Å²) in [4.78, 5) is 17.1. The van der Waals surface area contributed by atoms with Gasteiger partial charge in [0.05, 0.1) is 26.3 Å². The molecule has 25 heavy (non-hydrogen) atoms. The van der Waals surface area contributed by atoms with Crippen LogP contribution in [-0.2, 0) is 9.53 Å². The number of carbonyl (C=O) groups is 1. The summed E-state index contributed by atoms with van der Waals surface area (Å²) in [5, 5.41) is 3.08. The van der Waals surface area contributed by atoms with Crippen LogP contribution >= 0.6 is 0 Å². The normalized spacial score (nSPS) is 20.2. The average molecular weight is 349 g/mol. The molecule has 0 saturated carbocycles. The minimum atomic E-state index is -0.0796. The van der Waals surface area contributed by atoms with Crippen molar-refractivity contribution < 1.29 is 14.3 Å². The van der Waals surface area contributed by atoms with Gasteiger partial charge < -0.3 is 14.8 Å². The molecule has 1 heterocycles. The molecule has 0 aromatic heterocycles. The molecule has 1 amide bonds. The van der Waals surface area contributed by atoms with Crippen LogP contribution in [0.1, 0.15) is 25.5 Å². The molecule has 0 aliphatic carbocycles. The Bertz CT molecular complexity index is 552. The maximum Gasteiger partial charge on any atom is 0.234 e. The highest BCUT2D eigenvalue weighted by atomic mass is 16.5. The van der Waals surface area contributed by atoms with E-state index >= 15 is 0 Å². The fourth-order valence-electron chi connectivity index (χ4n) is 3.35. The zero-order valence-electron chi connectivity index (χ0n) is 15.8. The number of ether oxygens (including phenoxy) is 2. The summed E-state index contributed by atoms with van der Waals surface area (Å²) in [6.07, 6.45) is 0. The number of hydrogen-bond acceptors (Lipinski definition) is 5. The van der Waals surface area contributed by atoms with Gasteiger partial charge in [0.25, 0.3) is 0 Å². The summed E-state index contributed by atoms with van der Waals surface area (Å²) in [6, 6.07) is 8.15. The third-order valence-corrected chi connectivity index (χ3v) is 4.78. The Morgan fingerprint density at radius 2 is 2.08 bits per heavy atom. The largest absolute Gasteiger partial charge is 0.496 e. The lowest BCUT2D eigenvalue weighted by molar-refractivity contribution is -0.123. The summed E-state index contributed by atoms with van der Waals surface area (Å²) in [7, 11) is 3.38. The molecule has 2 atom stereocenters. The molecule has 0 radical (unpaired) electrons. The summed E-state index contributed by atoms with van der Waals surface area (Å²) in [5.74, 6) is 0.853. The number of methoxy groups -OCH3 is 2. The van der Waals surface area contributed by atoms with Crippen molar-refractivity contribution in [1.29, 1.82) is 0 Å². The van der Waals surface area contributed by atoms with Gasteiger partial charge >= 0.3 is 0 Å². The minimum Gasteiger partial charge on any atom is -0.496 e. The molecular weight excluding hydrogens is 318 g/mol. The molecule has 1 aromatic carbocycles. The minimum absolute atomic E-state index is 0.0518. The Hall–Kier alpha value is -1.63. The molecule has 1 aliphatic heterocycles. The van der Waals surface area contributed by atoms with Crippen LogP contribution in [0.2, 0.25) is 0 Å². The van der Waals surface area contributed by atoms with Crippen LogP contribution in [-0.4, -0.2) is 75.3 Å². The number of nitrogens with one attached hydrogen (secondary N) is 1. The van der Waals surface area contributed by atoms with Gasteiger partial charge in [0.15, 0.2) is 0 Å². The monoisotopic (exact) mass is 349 g/mol. The molecule has 6 heteroatoms. The lowest BCUT2D eigenvalue weighted by Gasteiger charge is -2.39. The van der Waals surface area contributed by atoms with Crippen LogP contribution in [0.25, 0.3) is 0 Å². The van der Waals surface area contributed by atoms with Crippen LogP contribution in [0, 0.1) is 0 Å². The highest BCUT2D eigenvalue weighted by Crippen LogP contribution is 2.24. The summed E-state index contributed by atoms with van der Waals surface area (Å²) in [6.45, 7) is 9.11. The van der Waals surface area contributed by atoms with Gasteiger partial charge in [0.2, 0.25) is 5.91 Å². The van der Waals surface area contributed by atoms with E-state index in [1.54, 1.807) is 14.2 Å². The van der Waals surface area contributed by atoms with Gasteiger partial charge in [-0.2, -0.15) is 0 Å². The first-order chi connectivity index (χ1) is 12.0. The number of nitrogens with zero attached hydrogens (tertiary/aromatic N) is 2. The quantitative estimate of drug-likeness (QED) is 0.771. The molecule has 0 unspecified atom stereocenters. The van der Waals surface area contributed by atoms with E-state index in [0.29, 0.717) is 12.6 Å². The van der Waals surface area contributed by atoms with Crippen LogP contribution < -0.4 is 10.1 Å². The highest BCUT2D eigenvalue weighted by molar-refractivity contribution is 5.78. The van der Waals surface area contributed by atoms with E-state index in [2.05, 4.69) is 22.0 Å². The number of rotatable bonds is 8. The van der Waals surface area contributed by atoms with E-state index in [1.165, 1.54) is 0 Å². The Labute approximate surface area is 151 Å². The van der Waals surface area contributed by atoms with E-state index in [1.807, 2.05) is 31.2 Å². The molecule has 140 valence electrons. The number of piperazine rings is 1. The third kappa shape index (κ3) is 5.70. The molecule has 1 saturated heterocycles. The van der Waals surface area contributed by atoms with Crippen molar-refractivity contribution in [2.24, 2.45) is 0 Å². The summed E-state index contributed by atoms with van der Waals surface area (Å²) >= 11 is 0. The fraction of sp³-hybridized carbons (Fsp3) is 0.632. The number of hydrogen-bond donors (Lipinski definition) is 1. The maximum absolute atomic E-state index is 12.4. The van der Waals surface area contributed by atoms with Crippen molar-refractivity contribution in [1.82, 2.24) is 15.1 Å². The Morgan fingerprint density at radius 3 is 2.76 bits per heavy atom. The van der Waals surface area contributed by atoms with Gasteiger partial charge in [-0.25, -0.2) is 0 Å². The zero-order chi connectivity index (χ0) is 18.2. The topological polar surface area (TPSA) is 54.0 Å². The molecule has 1 aromatic rings. The van der Waals surface area contributed by atoms with Crippen LogP contribution in [0.5, 0.6) is 5.75 Å². The average Bonchev–Trinajstić information content (AvgIpc) is 2.60. The second kappa shape index (κ2) is 9.75. The highest BCUT2D eigenvalue weighted by Gasteiger charge is 2.25. The van der Waals surface area contributed by atoms with Gasteiger partial charge in [-0.3, -0.25) is 14.6 Å². The standard InChI is InChI=1S/C19H31N3O3/c1-15-13-21(9-10-22(15)11-12-24-3)14-19(23)20-16(2)17-7-5-6-8-18(17)25-4/h5-8,15-16H,9-14H2,1-4H3,(H,20,23)/t15-,16+/m1/s1. The summed E-state index contributed by atoms with van der Waals surface area (Å²) < 4.78 is 10.5. The van der Waals surface area contributed by atoms with Gasteiger partial charge in [-0.1, -0.05) is 18.2 Å². The molecule has 6 nitrogen and oxygen atoms in total. The molecule has 1 fully saturated rings. The van der Waals surface area contributed by atoms with Crippen molar-refractivity contribution >= 4 is 5.91 Å². The van der Waals surface area contributed by atoms with E-state index in [9.17, 15) is 4.79 Å². The van der Waals surface area contributed by atoms with E-state index in [4.69, 9.17) is 9.47 Å². The molecule has 0 bridgehead atoms. The number of benzene rings is 1. The first kappa shape index (κ1) is 19.7. The van der Waals surface area contributed by atoms with E-state index in [-0.39, 0.29) is 11.9 Å². The first-order valence-corrected chi connectivity index (χ1v) is 8.92. The molecule has 0 spiro atoms. The lowest BCUT2D eigenvalue weighted by Crippen LogP contribution is -2.54. The second-order valence-electron chi connectivity index (χ2n) is 6.64. The summed E-state index contributed by atoms with van der Waals surface area (Å²) in [5.41, 5.74) is 0.996. The van der Waals surface area contributed by atoms with Crippen molar-refractivity contribution in [3.05, 3.63) is 29.8 Å². The Balaban J connectivity index is 1.82. The van der Waals surface area contributed by atoms with Gasteiger partial charge in [-0.15, -0.1) is 0 Å². The van der Waals surface area contributed by atoms with Crippen molar-refractivity contribution in [2.45, 2.75) is 25.9 Å². The van der Waals surface area contributed by atoms with Crippen molar-refractivity contribution in [2.75, 3.05) is 53.6 Å². The van der Waals surface area contributed by atoms with Crippen molar-refractivity contribution in [3.8, 4) is 5.75 Å². The molecular formula is C19H31N3O3. The number of amides is 1. The van der Waals surface area contributed by atoms with E-state index < -0.39 is 0 Å². The van der Waals surface area contributed by atoms with Crippen LogP contribution in [0.15, 0.2) is 24.3 Å². The van der Waals surface area contributed by atoms with Crippen molar-refractivity contribution in [3.63, 3.8) is 0 Å². The van der Waals surface area contributed by atoms with Gasteiger partial charge in [-0.05, 0) is 19.9 Å². The third-order valence-electron chi connectivity index (χ3n) is 4.78. The van der Waals surface area contributed by atoms with E-state index in [0.717, 1.165) is 44.1 Å². The second-order valence-corrected chi connectivity index (χ2v) is 6.64. The molecule has 1 N–H and O–H groups in total. The number of carbonyl (C=O) groups excluding carboxylic acids is 1. The van der Waals surface area contributed by atoms with Crippen LogP contribution in [0.3, 0.4) is 0 Å². The van der Waals surface area contributed by atoms with Gasteiger partial charge in [0.1, 0.15) is 5.75 Å². The van der Waals surface area contributed by atoms with Crippen LogP contribution in [0.4, 0.5) is 0 Å². The predicted octanol–water partition coefficient (Wildman–Crippen LogP) is 1.52. The predicted molar refractivity (Wildman–Crippen MR) is 98.9 cm³/mol.